The summed E-state index contributed by atoms with van der Waals surface area (Å²) in [5, 5.41) is 7.47. The third-order valence-electron chi connectivity index (χ3n) is 7.14. The second kappa shape index (κ2) is 9.13. The van der Waals surface area contributed by atoms with Crippen LogP contribution in [0.5, 0.6) is 0 Å². The Morgan fingerprint density at radius 2 is 1.91 bits per heavy atom. The Kier molecular flexibility index (Phi) is 6.30. The van der Waals surface area contributed by atoms with Gasteiger partial charge in [-0.3, -0.25) is 19.4 Å². The maximum Gasteiger partial charge on any atom is 0.259 e. The number of nitrogens with one attached hydrogen (secondary N) is 2. The summed E-state index contributed by atoms with van der Waals surface area (Å²) in [5.41, 5.74) is 0.758. The predicted molar refractivity (Wildman–Crippen MR) is 138 cm³/mol. The van der Waals surface area contributed by atoms with Gasteiger partial charge < -0.3 is 15.1 Å². The minimum atomic E-state index is -1.50. The van der Waals surface area contributed by atoms with E-state index in [1.54, 1.807) is 30.5 Å². The number of nitrogens with zero attached hydrogens (tertiary/aromatic N) is 2. The molecule has 3 atom stereocenters. The SMILES string of the molecule is CCN1C(C)CN(CC(=O)NC2(c3ccc4occc4c3)C(=O)Nc3cc(Cl)cc(Cl)c32)CC1C. The summed E-state index contributed by atoms with van der Waals surface area (Å²) in [5.74, 6) is -0.638. The largest absolute Gasteiger partial charge is 0.464 e. The van der Waals surface area contributed by atoms with E-state index in [2.05, 4.69) is 41.2 Å². The highest BCUT2D eigenvalue weighted by Gasteiger charge is 2.51. The number of furan rings is 1. The van der Waals surface area contributed by atoms with E-state index >= 15 is 0 Å². The Hall–Kier alpha value is -2.58. The Morgan fingerprint density at radius 1 is 1.17 bits per heavy atom. The molecule has 3 aromatic rings. The third-order valence-corrected chi connectivity index (χ3v) is 7.66. The number of halogens is 2. The third kappa shape index (κ3) is 4.10. The van der Waals surface area contributed by atoms with Gasteiger partial charge >= 0.3 is 0 Å². The molecule has 2 aromatic carbocycles. The highest BCUT2D eigenvalue weighted by atomic mass is 35.5. The smallest absolute Gasteiger partial charge is 0.259 e. The van der Waals surface area contributed by atoms with Gasteiger partial charge in [0.1, 0.15) is 5.58 Å². The van der Waals surface area contributed by atoms with Crippen LogP contribution < -0.4 is 10.6 Å². The number of likely N-dealkylation sites (N-methyl/N-ethyl adjacent to an activating group) is 1. The van der Waals surface area contributed by atoms with Gasteiger partial charge in [-0.15, -0.1) is 0 Å². The summed E-state index contributed by atoms with van der Waals surface area (Å²) < 4.78 is 5.48. The summed E-state index contributed by atoms with van der Waals surface area (Å²) in [6, 6.07) is 11.2. The molecular formula is C26H28Cl2N4O3. The van der Waals surface area contributed by atoms with Crippen molar-refractivity contribution in [1.29, 1.82) is 0 Å². The van der Waals surface area contributed by atoms with Gasteiger partial charge in [-0.05, 0) is 56.3 Å². The van der Waals surface area contributed by atoms with Gasteiger partial charge in [0.2, 0.25) is 5.91 Å². The van der Waals surface area contributed by atoms with Crippen molar-refractivity contribution in [3.63, 3.8) is 0 Å². The molecule has 3 unspecified atom stereocenters. The van der Waals surface area contributed by atoms with Crippen LogP contribution in [-0.4, -0.2) is 59.9 Å². The van der Waals surface area contributed by atoms with Gasteiger partial charge in [0.25, 0.3) is 5.91 Å². The fourth-order valence-corrected chi connectivity index (χ4v) is 6.36. The number of rotatable bonds is 5. The molecule has 0 radical (unpaired) electrons. The fourth-order valence-electron chi connectivity index (χ4n) is 5.72. The number of fused-ring (bicyclic) bond motifs is 2. The van der Waals surface area contributed by atoms with E-state index in [1.807, 2.05) is 12.1 Å². The first-order valence-corrected chi connectivity index (χ1v) is 12.6. The molecule has 0 aliphatic carbocycles. The van der Waals surface area contributed by atoms with Gasteiger partial charge in [-0.2, -0.15) is 0 Å². The normalized spacial score (nSPS) is 25.0. The summed E-state index contributed by atoms with van der Waals surface area (Å²) in [7, 11) is 0. The highest BCUT2D eigenvalue weighted by Crippen LogP contribution is 2.46. The average Bonchev–Trinajstić information content (AvgIpc) is 3.35. The molecule has 0 saturated carbocycles. The number of anilines is 1. The van der Waals surface area contributed by atoms with Crippen LogP contribution in [0.2, 0.25) is 10.0 Å². The van der Waals surface area contributed by atoms with Gasteiger partial charge in [0, 0.05) is 41.1 Å². The number of carbonyl (C=O) groups excluding carboxylic acids is 2. The number of hydrogen-bond acceptors (Lipinski definition) is 5. The van der Waals surface area contributed by atoms with Crippen molar-refractivity contribution in [3.8, 4) is 0 Å². The molecule has 184 valence electrons. The summed E-state index contributed by atoms with van der Waals surface area (Å²) in [4.78, 5) is 31.7. The molecule has 0 bridgehead atoms. The van der Waals surface area contributed by atoms with Gasteiger partial charge in [0.15, 0.2) is 5.54 Å². The molecule has 1 aromatic heterocycles. The van der Waals surface area contributed by atoms with E-state index in [0.717, 1.165) is 25.0 Å². The first kappa shape index (κ1) is 24.1. The maximum absolute atomic E-state index is 13.6. The van der Waals surface area contributed by atoms with E-state index in [9.17, 15) is 9.59 Å². The van der Waals surface area contributed by atoms with E-state index < -0.39 is 5.54 Å². The fraction of sp³-hybridized carbons (Fsp3) is 0.385. The summed E-state index contributed by atoms with van der Waals surface area (Å²) in [6.07, 6.45) is 1.59. The van der Waals surface area contributed by atoms with Crippen molar-refractivity contribution in [3.05, 3.63) is 63.8 Å². The lowest BCUT2D eigenvalue weighted by molar-refractivity contribution is -0.130. The van der Waals surface area contributed by atoms with Crippen LogP contribution in [0.15, 0.2) is 47.1 Å². The summed E-state index contributed by atoms with van der Waals surface area (Å²) in [6.45, 7) is 9.21. The van der Waals surface area contributed by atoms with Crippen LogP contribution in [0, 0.1) is 0 Å². The maximum atomic E-state index is 13.6. The van der Waals surface area contributed by atoms with Gasteiger partial charge in [0.05, 0.1) is 23.5 Å². The first-order chi connectivity index (χ1) is 16.7. The van der Waals surface area contributed by atoms with Gasteiger partial charge in [-0.25, -0.2) is 0 Å². The van der Waals surface area contributed by atoms with Crippen molar-refractivity contribution in [2.75, 3.05) is 31.5 Å². The molecule has 2 aliphatic heterocycles. The minimum absolute atomic E-state index is 0.176. The molecule has 2 N–H and O–H groups in total. The van der Waals surface area contributed by atoms with E-state index in [-0.39, 0.29) is 18.4 Å². The number of piperazine rings is 1. The van der Waals surface area contributed by atoms with Crippen LogP contribution in [0.1, 0.15) is 31.9 Å². The molecule has 9 heteroatoms. The Balaban J connectivity index is 1.53. The Bertz CT molecular complexity index is 1300. The molecule has 5 rings (SSSR count). The zero-order valence-electron chi connectivity index (χ0n) is 19.9. The topological polar surface area (TPSA) is 77.8 Å². The summed E-state index contributed by atoms with van der Waals surface area (Å²) >= 11 is 12.9. The second-order valence-electron chi connectivity index (χ2n) is 9.46. The molecule has 7 nitrogen and oxygen atoms in total. The monoisotopic (exact) mass is 514 g/mol. The minimum Gasteiger partial charge on any atom is -0.464 e. The number of carbonyl (C=O) groups is 2. The quantitative estimate of drug-likeness (QED) is 0.525. The molecule has 1 fully saturated rings. The number of amides is 2. The van der Waals surface area contributed by atoms with Crippen LogP contribution >= 0.6 is 23.2 Å². The van der Waals surface area contributed by atoms with Crippen molar-refractivity contribution in [1.82, 2.24) is 15.1 Å². The molecule has 2 amide bonds. The highest BCUT2D eigenvalue weighted by molar-refractivity contribution is 6.37. The van der Waals surface area contributed by atoms with Crippen LogP contribution in [0.4, 0.5) is 5.69 Å². The van der Waals surface area contributed by atoms with E-state index in [1.165, 1.54) is 0 Å². The van der Waals surface area contributed by atoms with Crippen molar-refractivity contribution >= 4 is 51.7 Å². The number of benzene rings is 2. The zero-order valence-corrected chi connectivity index (χ0v) is 21.4. The van der Waals surface area contributed by atoms with Crippen LogP contribution in [0.25, 0.3) is 11.0 Å². The van der Waals surface area contributed by atoms with Gasteiger partial charge in [-0.1, -0.05) is 36.2 Å². The lowest BCUT2D eigenvalue weighted by Crippen LogP contribution is -2.59. The Morgan fingerprint density at radius 3 is 2.63 bits per heavy atom. The lowest BCUT2D eigenvalue weighted by Gasteiger charge is -2.44. The molecule has 0 spiro atoms. The molecule has 35 heavy (non-hydrogen) atoms. The molecule has 3 heterocycles. The lowest BCUT2D eigenvalue weighted by atomic mass is 9.83. The molecular weight excluding hydrogens is 487 g/mol. The number of hydrogen-bond donors (Lipinski definition) is 2. The van der Waals surface area contributed by atoms with Crippen molar-refractivity contribution in [2.24, 2.45) is 0 Å². The molecule has 2 aliphatic rings. The molecule has 1 saturated heterocycles. The average molecular weight is 515 g/mol. The van der Waals surface area contributed by atoms with Crippen molar-refractivity contribution in [2.45, 2.75) is 38.4 Å². The predicted octanol–water partition coefficient (Wildman–Crippen LogP) is 4.47. The van der Waals surface area contributed by atoms with Crippen molar-refractivity contribution < 1.29 is 14.0 Å². The standard InChI is InChI=1S/C26H28Cl2N4O3/c1-4-32-15(2)12-31(13-16(32)3)14-23(33)30-26(18-5-6-22-17(9-18)7-8-35-22)24-20(28)10-19(27)11-21(24)29-25(26)34/h5-11,15-16H,4,12-14H2,1-3H3,(H,29,34)(H,30,33). The van der Waals surface area contributed by atoms with Crippen LogP contribution in [-0.2, 0) is 15.1 Å². The second-order valence-corrected chi connectivity index (χ2v) is 10.3. The zero-order chi connectivity index (χ0) is 24.9. The van der Waals surface area contributed by atoms with E-state index in [4.69, 9.17) is 27.6 Å². The van der Waals surface area contributed by atoms with Crippen LogP contribution in [0.3, 0.4) is 0 Å². The Labute approximate surface area is 214 Å². The van der Waals surface area contributed by atoms with E-state index in [0.29, 0.717) is 44.5 Å². The first-order valence-electron chi connectivity index (χ1n) is 11.8.